The molecule has 0 bridgehead atoms. The summed E-state index contributed by atoms with van der Waals surface area (Å²) in [6.07, 6.45) is -0.455. The Hall–Kier alpha value is -2.62. The van der Waals surface area contributed by atoms with Gasteiger partial charge in [0.2, 0.25) is 0 Å². The molecule has 1 aliphatic rings. The van der Waals surface area contributed by atoms with Crippen molar-refractivity contribution in [1.82, 2.24) is 3.89 Å². The van der Waals surface area contributed by atoms with E-state index in [2.05, 4.69) is 0 Å². The molecule has 1 atom stereocenters. The van der Waals surface area contributed by atoms with Gasteiger partial charge in [-0.15, -0.1) is 0 Å². The Morgan fingerprint density at radius 1 is 1.00 bits per heavy atom. The van der Waals surface area contributed by atoms with Gasteiger partial charge in [-0.1, -0.05) is 24.3 Å². The van der Waals surface area contributed by atoms with Gasteiger partial charge in [-0.25, -0.2) is 0 Å². The van der Waals surface area contributed by atoms with Crippen molar-refractivity contribution < 1.29 is 26.3 Å². The Bertz CT molecular complexity index is 1020. The first-order valence-electron chi connectivity index (χ1n) is 8.74. The van der Waals surface area contributed by atoms with Crippen LogP contribution in [-0.4, -0.2) is 33.4 Å². The van der Waals surface area contributed by atoms with Crippen LogP contribution in [-0.2, 0) is 10.0 Å². The quantitative estimate of drug-likeness (QED) is 0.708. The second-order valence-electron chi connectivity index (χ2n) is 6.54. The predicted octanol–water partition coefficient (Wildman–Crippen LogP) is 4.09. The summed E-state index contributed by atoms with van der Waals surface area (Å²) in [5, 5.41) is 0. The van der Waals surface area contributed by atoms with Crippen LogP contribution >= 0.6 is 0 Å². The highest BCUT2D eigenvalue weighted by atomic mass is 32.2. The summed E-state index contributed by atoms with van der Waals surface area (Å²) in [4.78, 5) is 0. The van der Waals surface area contributed by atoms with Crippen molar-refractivity contribution in [2.45, 2.75) is 6.18 Å². The normalized spacial score (nSPS) is 19.7. The lowest BCUT2D eigenvalue weighted by Crippen LogP contribution is -2.54. The lowest BCUT2D eigenvalue weighted by atomic mass is 10.2. The molecule has 9 heteroatoms. The third-order valence-electron chi connectivity index (χ3n) is 4.41. The van der Waals surface area contributed by atoms with Gasteiger partial charge in [0.1, 0.15) is 24.2 Å². The molecule has 3 rings (SSSR count). The molecule has 2 aromatic rings. The Kier molecular flexibility index (Phi) is 5.83. The second-order valence-corrected chi connectivity index (χ2v) is 8.64. The van der Waals surface area contributed by atoms with Crippen molar-refractivity contribution in [3.8, 4) is 11.5 Å². The standard InChI is InChI=1S/C20H20F3N2O3S/c21-20(22,23)15-29(26,27)25(12-4-5-16(13-24)14-25)17-8-10-19(11-9-17)28-18-6-2-1-3-7-18/h1-11,14H,12-13,15,24H2/q+1. The van der Waals surface area contributed by atoms with Crippen molar-refractivity contribution in [1.29, 1.82) is 0 Å². The van der Waals surface area contributed by atoms with Crippen molar-refractivity contribution in [2.24, 2.45) is 5.73 Å². The number of sulfonamides is 1. The SMILES string of the molecule is NCC1=C[N+](c2ccc(Oc3ccccc3)cc2)(S(=O)(=O)CC(F)(F)F)CC=C1. The molecule has 2 N–H and O–H groups in total. The number of benzene rings is 2. The first kappa shape index (κ1) is 21.1. The maximum atomic E-state index is 13.0. The lowest BCUT2D eigenvalue weighted by molar-refractivity contribution is -0.106. The zero-order valence-corrected chi connectivity index (χ0v) is 16.2. The largest absolute Gasteiger partial charge is 0.457 e. The van der Waals surface area contributed by atoms with Gasteiger partial charge in [0.25, 0.3) is 0 Å². The number of rotatable bonds is 6. The molecule has 1 heterocycles. The highest BCUT2D eigenvalue weighted by Crippen LogP contribution is 2.36. The molecular formula is C20H20F3N2O3S+. The number of quaternary nitrogens is 1. The fraction of sp³-hybridized carbons (Fsp3) is 0.200. The van der Waals surface area contributed by atoms with E-state index in [1.54, 1.807) is 30.3 Å². The lowest BCUT2D eigenvalue weighted by Gasteiger charge is -2.34. The van der Waals surface area contributed by atoms with Crippen molar-refractivity contribution in [2.75, 3.05) is 18.8 Å². The van der Waals surface area contributed by atoms with Crippen LogP contribution in [0.1, 0.15) is 0 Å². The summed E-state index contributed by atoms with van der Waals surface area (Å²) in [5.74, 6) is -0.924. The summed E-state index contributed by atoms with van der Waals surface area (Å²) in [6.45, 7) is -0.159. The molecule has 0 spiro atoms. The molecule has 0 aromatic heterocycles. The van der Waals surface area contributed by atoms with E-state index in [0.717, 1.165) is 0 Å². The highest BCUT2D eigenvalue weighted by molar-refractivity contribution is 7.91. The van der Waals surface area contributed by atoms with Crippen molar-refractivity contribution >= 4 is 15.7 Å². The van der Waals surface area contributed by atoms with E-state index in [9.17, 15) is 21.6 Å². The van der Waals surface area contributed by atoms with E-state index in [1.807, 2.05) is 6.07 Å². The molecule has 5 nitrogen and oxygen atoms in total. The minimum atomic E-state index is -4.86. The van der Waals surface area contributed by atoms with Crippen LogP contribution in [0.25, 0.3) is 0 Å². The van der Waals surface area contributed by atoms with Crippen molar-refractivity contribution in [3.63, 3.8) is 0 Å². The van der Waals surface area contributed by atoms with E-state index in [1.165, 1.54) is 36.5 Å². The number of halogens is 3. The number of nitrogens with zero attached hydrogens (tertiary/aromatic N) is 1. The molecule has 154 valence electrons. The number of ether oxygens (including phenoxy) is 1. The van der Waals surface area contributed by atoms with Crippen LogP contribution in [0.3, 0.4) is 0 Å². The van der Waals surface area contributed by atoms with E-state index in [4.69, 9.17) is 10.5 Å². The molecule has 0 fully saturated rings. The minimum Gasteiger partial charge on any atom is -0.457 e. The van der Waals surface area contributed by atoms with Gasteiger partial charge < -0.3 is 10.5 Å². The Labute approximate surface area is 167 Å². The molecule has 0 radical (unpaired) electrons. The fourth-order valence-electron chi connectivity index (χ4n) is 3.09. The average Bonchev–Trinajstić information content (AvgIpc) is 2.67. The maximum Gasteiger partial charge on any atom is 0.408 e. The van der Waals surface area contributed by atoms with Crippen LogP contribution in [0, 0.1) is 0 Å². The fourth-order valence-corrected chi connectivity index (χ4v) is 4.79. The number of alkyl halides is 3. The van der Waals surface area contributed by atoms with Crippen molar-refractivity contribution in [3.05, 3.63) is 78.5 Å². The van der Waals surface area contributed by atoms with Gasteiger partial charge in [-0.3, -0.25) is 0 Å². The van der Waals surface area contributed by atoms with E-state index in [0.29, 0.717) is 17.1 Å². The number of para-hydroxylation sites is 1. The third kappa shape index (κ3) is 4.69. The summed E-state index contributed by atoms with van der Waals surface area (Å²) in [6, 6.07) is 14.9. The molecule has 1 aliphatic heterocycles. The summed E-state index contributed by atoms with van der Waals surface area (Å²) in [7, 11) is -4.68. The molecule has 0 saturated heterocycles. The van der Waals surface area contributed by atoms with E-state index < -0.39 is 25.8 Å². The topological polar surface area (TPSA) is 69.4 Å². The van der Waals surface area contributed by atoms with Crippen LogP contribution in [0.2, 0.25) is 0 Å². The first-order chi connectivity index (χ1) is 13.7. The monoisotopic (exact) mass is 425 g/mol. The predicted molar refractivity (Wildman–Crippen MR) is 106 cm³/mol. The molecule has 0 amide bonds. The molecule has 0 aliphatic carbocycles. The van der Waals surface area contributed by atoms with E-state index >= 15 is 0 Å². The zero-order chi connectivity index (χ0) is 21.1. The summed E-state index contributed by atoms with van der Waals surface area (Å²) >= 11 is 0. The second kappa shape index (κ2) is 8.02. The smallest absolute Gasteiger partial charge is 0.408 e. The van der Waals surface area contributed by atoms with Crippen LogP contribution in [0.4, 0.5) is 18.9 Å². The Morgan fingerprint density at radius 3 is 2.21 bits per heavy atom. The van der Waals surface area contributed by atoms with E-state index in [-0.39, 0.29) is 18.8 Å². The molecule has 29 heavy (non-hydrogen) atoms. The van der Waals surface area contributed by atoms with Crippen LogP contribution in [0.15, 0.2) is 78.5 Å². The molecular weight excluding hydrogens is 405 g/mol. The minimum absolute atomic E-state index is 0.00718. The third-order valence-corrected chi connectivity index (χ3v) is 6.56. The number of nitrogens with two attached hydrogens (primary N) is 1. The Morgan fingerprint density at radius 2 is 1.62 bits per heavy atom. The molecule has 0 saturated carbocycles. The van der Waals surface area contributed by atoms with Crippen LogP contribution < -0.4 is 14.4 Å². The summed E-state index contributed by atoms with van der Waals surface area (Å²) < 4.78 is 69.4. The number of hydrogen-bond donors (Lipinski definition) is 1. The highest BCUT2D eigenvalue weighted by Gasteiger charge is 2.50. The molecule has 2 aromatic carbocycles. The summed E-state index contributed by atoms with van der Waals surface area (Å²) in [5.41, 5.74) is 6.22. The first-order valence-corrected chi connectivity index (χ1v) is 10.4. The van der Waals surface area contributed by atoms with Gasteiger partial charge in [0, 0.05) is 24.3 Å². The average molecular weight is 425 g/mol. The number of hydrogen-bond acceptors (Lipinski definition) is 4. The van der Waals surface area contributed by atoms with Gasteiger partial charge in [0.15, 0.2) is 11.4 Å². The van der Waals surface area contributed by atoms with Gasteiger partial charge in [-0.05, 0) is 30.3 Å². The van der Waals surface area contributed by atoms with Crippen LogP contribution in [0.5, 0.6) is 11.5 Å². The Balaban J connectivity index is 2.01. The van der Waals surface area contributed by atoms with Gasteiger partial charge in [0.05, 0.1) is 0 Å². The zero-order valence-electron chi connectivity index (χ0n) is 15.3. The van der Waals surface area contributed by atoms with Gasteiger partial charge >= 0.3 is 16.2 Å². The van der Waals surface area contributed by atoms with Gasteiger partial charge in [-0.2, -0.15) is 25.5 Å². The molecule has 1 unspecified atom stereocenters. The maximum absolute atomic E-state index is 13.0.